The molecular formula is C30H25ClF5N3O4. The van der Waals surface area contributed by atoms with Crippen molar-refractivity contribution in [3.8, 4) is 22.8 Å². The predicted octanol–water partition coefficient (Wildman–Crippen LogP) is 7.51. The van der Waals surface area contributed by atoms with Gasteiger partial charge in [-0.1, -0.05) is 35.9 Å². The van der Waals surface area contributed by atoms with Gasteiger partial charge in [0.1, 0.15) is 22.9 Å². The van der Waals surface area contributed by atoms with Gasteiger partial charge < -0.3 is 25.2 Å². The number of hydrogen-bond donors (Lipinski definition) is 2. The largest absolute Gasteiger partial charge is 0.497 e. The molecule has 13 heteroatoms. The average molecular weight is 622 g/mol. The lowest BCUT2D eigenvalue weighted by atomic mass is 9.97. The molecule has 1 aromatic heterocycles. The highest BCUT2D eigenvalue weighted by Crippen LogP contribution is 2.45. The first-order valence-electron chi connectivity index (χ1n) is 12.6. The highest BCUT2D eigenvalue weighted by atomic mass is 35.5. The van der Waals surface area contributed by atoms with E-state index in [1.807, 2.05) is 0 Å². The van der Waals surface area contributed by atoms with Crippen molar-refractivity contribution in [1.82, 2.24) is 4.98 Å². The fourth-order valence-corrected chi connectivity index (χ4v) is 4.84. The maximum Gasteiger partial charge on any atom is 0.418 e. The van der Waals surface area contributed by atoms with Gasteiger partial charge in [-0.3, -0.25) is 0 Å². The first-order chi connectivity index (χ1) is 20.3. The molecule has 3 N–H and O–H groups in total. The summed E-state index contributed by atoms with van der Waals surface area (Å²) in [6.07, 6.45) is -5.08. The fraction of sp³-hybridized carbons (Fsp3) is 0.200. The van der Waals surface area contributed by atoms with Crippen LogP contribution in [0.4, 0.5) is 33.5 Å². The summed E-state index contributed by atoms with van der Waals surface area (Å²) in [6, 6.07) is 15.1. The number of carboxylic acids is 1. The third-order valence-electron chi connectivity index (χ3n) is 6.68. The number of aryl methyl sites for hydroxylation is 1. The van der Waals surface area contributed by atoms with Crippen LogP contribution in [0.1, 0.15) is 32.6 Å². The van der Waals surface area contributed by atoms with Gasteiger partial charge in [-0.15, -0.1) is 0 Å². The Morgan fingerprint density at radius 2 is 1.44 bits per heavy atom. The van der Waals surface area contributed by atoms with E-state index in [1.165, 1.54) is 20.3 Å². The molecule has 0 saturated carbocycles. The molecule has 0 bridgehead atoms. The van der Waals surface area contributed by atoms with Crippen molar-refractivity contribution in [2.75, 3.05) is 24.9 Å². The number of aromatic carboxylic acids is 1. The monoisotopic (exact) mass is 621 g/mol. The molecule has 0 radical (unpaired) electrons. The Labute approximate surface area is 248 Å². The molecule has 226 valence electrons. The molecule has 0 amide bonds. The molecule has 0 saturated heterocycles. The van der Waals surface area contributed by atoms with E-state index in [4.69, 9.17) is 26.8 Å². The number of nitrogens with zero attached hydrogens (tertiary/aromatic N) is 2. The van der Waals surface area contributed by atoms with Crippen molar-refractivity contribution < 1.29 is 41.3 Å². The highest BCUT2D eigenvalue weighted by Gasteiger charge is 2.40. The van der Waals surface area contributed by atoms with Gasteiger partial charge in [-0.2, -0.15) is 13.2 Å². The number of aromatic nitrogens is 1. The molecule has 1 heterocycles. The van der Waals surface area contributed by atoms with Crippen LogP contribution in [0.3, 0.4) is 0 Å². The van der Waals surface area contributed by atoms with Crippen molar-refractivity contribution in [1.29, 1.82) is 0 Å². The van der Waals surface area contributed by atoms with Gasteiger partial charge in [0.05, 0.1) is 41.8 Å². The van der Waals surface area contributed by atoms with E-state index < -0.39 is 56.9 Å². The van der Waals surface area contributed by atoms with Crippen LogP contribution in [0.2, 0.25) is 5.02 Å². The molecule has 0 aliphatic heterocycles. The minimum absolute atomic E-state index is 0.0242. The number of halogens is 6. The molecule has 3 aromatic carbocycles. The third kappa shape index (κ3) is 6.43. The van der Waals surface area contributed by atoms with Crippen LogP contribution >= 0.6 is 11.6 Å². The zero-order valence-corrected chi connectivity index (χ0v) is 23.8. The first-order valence-corrected chi connectivity index (χ1v) is 12.9. The molecule has 0 spiro atoms. The Morgan fingerprint density at radius 3 is 1.86 bits per heavy atom. The number of pyridine rings is 1. The van der Waals surface area contributed by atoms with Gasteiger partial charge in [0.25, 0.3) is 0 Å². The standard InChI is InChI=1S/C30H25ClF5N3O4/c1-15-12-20(39(13-16-4-8-18(42-2)9-5-16)14-17-6-10-19(43-3)11-7-17)38-28(23(15)30(34,35)36)21-24(31)25(32)22(29(40)41)27(37)26(21)33/h4-12H,13-14,37H2,1-3H3,(H,40,41). The zero-order chi connectivity index (χ0) is 31.6. The number of ether oxygens (including phenoxy) is 2. The van der Waals surface area contributed by atoms with Crippen LogP contribution < -0.4 is 20.1 Å². The molecule has 4 rings (SSSR count). The van der Waals surface area contributed by atoms with Gasteiger partial charge in [-0.25, -0.2) is 18.6 Å². The highest BCUT2D eigenvalue weighted by molar-refractivity contribution is 6.34. The van der Waals surface area contributed by atoms with E-state index in [0.29, 0.717) is 11.5 Å². The van der Waals surface area contributed by atoms with Gasteiger partial charge in [0.15, 0.2) is 11.6 Å². The third-order valence-corrected chi connectivity index (χ3v) is 7.04. The summed E-state index contributed by atoms with van der Waals surface area (Å²) in [7, 11) is 3.01. The number of benzene rings is 3. The van der Waals surface area contributed by atoms with Crippen molar-refractivity contribution in [2.24, 2.45) is 0 Å². The molecule has 4 aromatic rings. The molecule has 43 heavy (non-hydrogen) atoms. The predicted molar refractivity (Wildman–Crippen MR) is 152 cm³/mol. The number of anilines is 2. The molecule has 0 aliphatic rings. The maximum absolute atomic E-state index is 15.5. The minimum Gasteiger partial charge on any atom is -0.497 e. The van der Waals surface area contributed by atoms with Crippen molar-refractivity contribution in [2.45, 2.75) is 26.2 Å². The zero-order valence-electron chi connectivity index (χ0n) is 23.0. The van der Waals surface area contributed by atoms with E-state index >= 15 is 8.78 Å². The lowest BCUT2D eigenvalue weighted by Gasteiger charge is -2.27. The van der Waals surface area contributed by atoms with Crippen LogP contribution in [0.25, 0.3) is 11.3 Å². The van der Waals surface area contributed by atoms with Crippen LogP contribution in [0, 0.1) is 18.6 Å². The first kappa shape index (κ1) is 31.4. The molecule has 0 aliphatic carbocycles. The van der Waals surface area contributed by atoms with Gasteiger partial charge in [-0.05, 0) is 53.9 Å². The van der Waals surface area contributed by atoms with Gasteiger partial charge >= 0.3 is 12.1 Å². The molecule has 0 atom stereocenters. The summed E-state index contributed by atoms with van der Waals surface area (Å²) in [5, 5.41) is 8.09. The number of alkyl halides is 3. The van der Waals surface area contributed by atoms with Crippen LogP contribution in [-0.4, -0.2) is 30.3 Å². The summed E-state index contributed by atoms with van der Waals surface area (Å²) < 4.78 is 84.1. The molecule has 0 unspecified atom stereocenters. The lowest BCUT2D eigenvalue weighted by molar-refractivity contribution is -0.137. The number of methoxy groups -OCH3 is 2. The summed E-state index contributed by atoms with van der Waals surface area (Å²) in [5.74, 6) is -4.12. The van der Waals surface area contributed by atoms with E-state index in [2.05, 4.69) is 4.98 Å². The van der Waals surface area contributed by atoms with Crippen LogP contribution in [-0.2, 0) is 19.3 Å². The number of rotatable bonds is 9. The Balaban J connectivity index is 1.96. The summed E-state index contributed by atoms with van der Waals surface area (Å²) in [6.45, 7) is 1.42. The average Bonchev–Trinajstić information content (AvgIpc) is 2.95. The second-order valence-electron chi connectivity index (χ2n) is 9.48. The number of nitrogen functional groups attached to an aromatic ring is 1. The Morgan fingerprint density at radius 1 is 0.953 bits per heavy atom. The Hall–Kier alpha value is -4.58. The fourth-order valence-electron chi connectivity index (χ4n) is 4.57. The lowest BCUT2D eigenvalue weighted by Crippen LogP contribution is -2.25. The molecular weight excluding hydrogens is 597 g/mol. The van der Waals surface area contributed by atoms with E-state index in [0.717, 1.165) is 18.1 Å². The number of nitrogens with two attached hydrogens (primary N) is 1. The minimum atomic E-state index is -5.08. The van der Waals surface area contributed by atoms with Gasteiger partial charge in [0, 0.05) is 13.1 Å². The van der Waals surface area contributed by atoms with E-state index in [9.17, 15) is 23.1 Å². The Bertz CT molecular complexity index is 1580. The van der Waals surface area contributed by atoms with Crippen molar-refractivity contribution in [3.05, 3.63) is 99.1 Å². The SMILES string of the molecule is COc1ccc(CN(Cc2ccc(OC)cc2)c2cc(C)c(C(F)(F)F)c(-c3c(F)c(N)c(C(=O)O)c(F)c3Cl)n2)cc1. The molecule has 0 fully saturated rings. The number of carboxylic acid groups (broad SMARTS) is 1. The number of carbonyl (C=O) groups is 1. The normalized spacial score (nSPS) is 11.4. The summed E-state index contributed by atoms with van der Waals surface area (Å²) >= 11 is 6.00. The smallest absolute Gasteiger partial charge is 0.418 e. The van der Waals surface area contributed by atoms with E-state index in [1.54, 1.807) is 53.4 Å². The van der Waals surface area contributed by atoms with Gasteiger partial charge in [0.2, 0.25) is 0 Å². The van der Waals surface area contributed by atoms with E-state index in [-0.39, 0.29) is 24.5 Å². The maximum atomic E-state index is 15.5. The van der Waals surface area contributed by atoms with Crippen molar-refractivity contribution >= 4 is 29.1 Å². The second kappa shape index (κ2) is 12.3. The van der Waals surface area contributed by atoms with Crippen LogP contribution in [0.15, 0.2) is 54.6 Å². The second-order valence-corrected chi connectivity index (χ2v) is 9.86. The Kier molecular flexibility index (Phi) is 9.00. The topological polar surface area (TPSA) is 97.9 Å². The molecule has 7 nitrogen and oxygen atoms in total. The summed E-state index contributed by atoms with van der Waals surface area (Å²) in [5.41, 5.74) is 0.619. The quantitative estimate of drug-likeness (QED) is 0.113. The number of hydrogen-bond acceptors (Lipinski definition) is 6. The summed E-state index contributed by atoms with van der Waals surface area (Å²) in [4.78, 5) is 17.3. The van der Waals surface area contributed by atoms with Crippen molar-refractivity contribution in [3.63, 3.8) is 0 Å². The van der Waals surface area contributed by atoms with Crippen LogP contribution in [0.5, 0.6) is 11.5 Å².